The molecule has 0 unspecified atom stereocenters. The van der Waals surface area contributed by atoms with Crippen molar-refractivity contribution in [1.29, 1.82) is 0 Å². The minimum atomic E-state index is 0.759. The fraction of sp³-hybridized carbons (Fsp3) is 0.833. The lowest BCUT2D eigenvalue weighted by Gasteiger charge is -2.07. The van der Waals surface area contributed by atoms with Crippen LogP contribution in [-0.2, 0) is 13.0 Å². The molecule has 0 saturated heterocycles. The van der Waals surface area contributed by atoms with Crippen LogP contribution in [0.3, 0.4) is 0 Å². The molecular weight excluding hydrogens is 258 g/mol. The second kappa shape index (κ2) is 11.8. The van der Waals surface area contributed by atoms with Crippen LogP contribution < -0.4 is 5.73 Å². The highest BCUT2D eigenvalue weighted by atomic mass is 15.1. The van der Waals surface area contributed by atoms with Gasteiger partial charge in [-0.3, -0.25) is 0 Å². The fourth-order valence-corrected chi connectivity index (χ4v) is 2.85. The van der Waals surface area contributed by atoms with E-state index in [1.165, 1.54) is 63.6 Å². The number of unbranched alkanes of at least 4 members (excludes halogenated alkanes) is 8. The van der Waals surface area contributed by atoms with Crippen molar-refractivity contribution in [1.82, 2.24) is 9.55 Å². The summed E-state index contributed by atoms with van der Waals surface area (Å²) in [6.45, 7) is 6.14. The molecule has 122 valence electrons. The highest BCUT2D eigenvalue weighted by molar-refractivity contribution is 5.02. The smallest absolute Gasteiger partial charge is 0.108 e. The third-order valence-corrected chi connectivity index (χ3v) is 4.09. The molecule has 0 aliphatic heterocycles. The number of aryl methyl sites for hydroxylation is 3. The lowest BCUT2D eigenvalue weighted by Crippen LogP contribution is -2.08. The van der Waals surface area contributed by atoms with Gasteiger partial charge in [0.15, 0.2) is 0 Å². The molecule has 0 radical (unpaired) electrons. The molecule has 0 amide bonds. The monoisotopic (exact) mass is 293 g/mol. The summed E-state index contributed by atoms with van der Waals surface area (Å²) < 4.78 is 2.30. The number of nitrogens with two attached hydrogens (primary N) is 1. The van der Waals surface area contributed by atoms with Crippen LogP contribution in [0.25, 0.3) is 0 Å². The summed E-state index contributed by atoms with van der Waals surface area (Å²) in [6.07, 6.45) is 16.8. The molecular formula is C18H35N3. The number of nitrogens with zero attached hydrogens (tertiary/aromatic N) is 2. The first kappa shape index (κ1) is 18.2. The quantitative estimate of drug-likeness (QED) is 0.540. The predicted molar refractivity (Wildman–Crippen MR) is 91.6 cm³/mol. The van der Waals surface area contributed by atoms with Crippen molar-refractivity contribution in [3.05, 3.63) is 17.7 Å². The van der Waals surface area contributed by atoms with E-state index in [-0.39, 0.29) is 0 Å². The van der Waals surface area contributed by atoms with Crippen LogP contribution in [0.4, 0.5) is 0 Å². The maximum absolute atomic E-state index is 5.60. The lowest BCUT2D eigenvalue weighted by atomic mass is 10.1. The SMILES string of the molecule is CCCCCCCCCCCc1nc(C)cn1CCCN. The second-order valence-corrected chi connectivity index (χ2v) is 6.21. The first-order valence-corrected chi connectivity index (χ1v) is 9.00. The molecule has 0 bridgehead atoms. The molecule has 1 rings (SSSR count). The molecule has 2 N–H and O–H groups in total. The Hall–Kier alpha value is -0.830. The summed E-state index contributed by atoms with van der Waals surface area (Å²) in [5.41, 5.74) is 6.73. The topological polar surface area (TPSA) is 43.8 Å². The van der Waals surface area contributed by atoms with E-state index >= 15 is 0 Å². The van der Waals surface area contributed by atoms with Crippen LogP contribution in [0.2, 0.25) is 0 Å². The summed E-state index contributed by atoms with van der Waals surface area (Å²) in [5.74, 6) is 1.25. The molecule has 21 heavy (non-hydrogen) atoms. The van der Waals surface area contributed by atoms with E-state index in [4.69, 9.17) is 5.73 Å². The Morgan fingerprint density at radius 3 is 2.19 bits per heavy atom. The summed E-state index contributed by atoms with van der Waals surface area (Å²) in [5, 5.41) is 0. The van der Waals surface area contributed by atoms with Crippen LogP contribution in [0.1, 0.15) is 82.7 Å². The van der Waals surface area contributed by atoms with E-state index in [1.807, 2.05) is 0 Å². The Labute approximate surface area is 131 Å². The van der Waals surface area contributed by atoms with E-state index in [1.54, 1.807) is 0 Å². The van der Waals surface area contributed by atoms with Crippen LogP contribution in [0, 0.1) is 6.92 Å². The standard InChI is InChI=1S/C18H35N3/c1-3-4-5-6-7-8-9-10-11-13-18-20-17(2)16-21(18)15-12-14-19/h16H,3-15,19H2,1-2H3. The number of rotatable bonds is 13. The van der Waals surface area contributed by atoms with Gasteiger partial charge in [-0.1, -0.05) is 58.3 Å². The molecule has 1 aromatic rings. The highest BCUT2D eigenvalue weighted by Crippen LogP contribution is 2.12. The molecule has 0 aromatic carbocycles. The molecule has 0 fully saturated rings. The van der Waals surface area contributed by atoms with Gasteiger partial charge in [0.2, 0.25) is 0 Å². The average molecular weight is 293 g/mol. The van der Waals surface area contributed by atoms with E-state index in [0.29, 0.717) is 0 Å². The number of hydrogen-bond donors (Lipinski definition) is 1. The van der Waals surface area contributed by atoms with Crippen LogP contribution in [0.5, 0.6) is 0 Å². The lowest BCUT2D eigenvalue weighted by molar-refractivity contribution is 0.552. The molecule has 0 aliphatic rings. The summed E-state index contributed by atoms with van der Waals surface area (Å²) >= 11 is 0. The van der Waals surface area contributed by atoms with Crippen molar-refractivity contribution in [3.63, 3.8) is 0 Å². The van der Waals surface area contributed by atoms with E-state index in [0.717, 1.165) is 31.6 Å². The van der Waals surface area contributed by atoms with Gasteiger partial charge >= 0.3 is 0 Å². The summed E-state index contributed by atoms with van der Waals surface area (Å²) in [4.78, 5) is 4.65. The third-order valence-electron chi connectivity index (χ3n) is 4.09. The molecule has 1 heterocycles. The van der Waals surface area contributed by atoms with Gasteiger partial charge in [-0.25, -0.2) is 4.98 Å². The van der Waals surface area contributed by atoms with E-state index in [9.17, 15) is 0 Å². The Kier molecular flexibility index (Phi) is 10.2. The van der Waals surface area contributed by atoms with Gasteiger partial charge in [0.25, 0.3) is 0 Å². The molecule has 0 spiro atoms. The maximum atomic E-state index is 5.60. The molecule has 3 nitrogen and oxygen atoms in total. The van der Waals surface area contributed by atoms with Crippen LogP contribution in [0.15, 0.2) is 6.20 Å². The van der Waals surface area contributed by atoms with Gasteiger partial charge < -0.3 is 10.3 Å². The van der Waals surface area contributed by atoms with Gasteiger partial charge in [0.1, 0.15) is 5.82 Å². The van der Waals surface area contributed by atoms with Gasteiger partial charge in [0.05, 0.1) is 5.69 Å². The molecule has 3 heteroatoms. The molecule has 0 saturated carbocycles. The van der Waals surface area contributed by atoms with Gasteiger partial charge in [-0.05, 0) is 26.3 Å². The highest BCUT2D eigenvalue weighted by Gasteiger charge is 2.05. The zero-order valence-electron chi connectivity index (χ0n) is 14.2. The normalized spacial score (nSPS) is 11.2. The summed E-state index contributed by atoms with van der Waals surface area (Å²) in [6, 6.07) is 0. The number of hydrogen-bond acceptors (Lipinski definition) is 2. The van der Waals surface area contributed by atoms with E-state index < -0.39 is 0 Å². The minimum Gasteiger partial charge on any atom is -0.335 e. The van der Waals surface area contributed by atoms with Crippen molar-refractivity contribution in [2.45, 2.75) is 91.0 Å². The van der Waals surface area contributed by atoms with Crippen molar-refractivity contribution in [2.75, 3.05) is 6.54 Å². The van der Waals surface area contributed by atoms with Gasteiger partial charge in [-0.2, -0.15) is 0 Å². The predicted octanol–water partition coefficient (Wildman–Crippen LogP) is 4.61. The van der Waals surface area contributed by atoms with E-state index in [2.05, 4.69) is 29.6 Å². The van der Waals surface area contributed by atoms with Crippen LogP contribution in [-0.4, -0.2) is 16.1 Å². The first-order chi connectivity index (χ1) is 10.3. The number of aromatic nitrogens is 2. The van der Waals surface area contributed by atoms with Gasteiger partial charge in [0, 0.05) is 19.2 Å². The molecule has 0 aliphatic carbocycles. The second-order valence-electron chi connectivity index (χ2n) is 6.21. The minimum absolute atomic E-state index is 0.759. The Morgan fingerprint density at radius 2 is 1.57 bits per heavy atom. The Bertz CT molecular complexity index is 357. The average Bonchev–Trinajstić information content (AvgIpc) is 2.83. The number of imidazole rings is 1. The molecule has 1 aromatic heterocycles. The van der Waals surface area contributed by atoms with Crippen molar-refractivity contribution in [3.8, 4) is 0 Å². The largest absolute Gasteiger partial charge is 0.335 e. The Morgan fingerprint density at radius 1 is 0.952 bits per heavy atom. The first-order valence-electron chi connectivity index (χ1n) is 9.00. The van der Waals surface area contributed by atoms with Crippen LogP contribution >= 0.6 is 0 Å². The van der Waals surface area contributed by atoms with Crippen molar-refractivity contribution < 1.29 is 0 Å². The van der Waals surface area contributed by atoms with Crippen molar-refractivity contribution in [2.24, 2.45) is 5.73 Å². The Balaban J connectivity index is 2.09. The zero-order chi connectivity index (χ0) is 15.3. The fourth-order valence-electron chi connectivity index (χ4n) is 2.85. The maximum Gasteiger partial charge on any atom is 0.108 e. The summed E-state index contributed by atoms with van der Waals surface area (Å²) in [7, 11) is 0. The third kappa shape index (κ3) is 8.25. The molecule has 0 atom stereocenters. The van der Waals surface area contributed by atoms with Crippen molar-refractivity contribution >= 4 is 0 Å². The van der Waals surface area contributed by atoms with Gasteiger partial charge in [-0.15, -0.1) is 0 Å². The zero-order valence-corrected chi connectivity index (χ0v) is 14.2.